The molecule has 4 nitrogen and oxygen atoms in total. The number of carbonyl (C=O) groups excluding carboxylic acids is 1. The van der Waals surface area contributed by atoms with E-state index >= 15 is 0 Å². The zero-order chi connectivity index (χ0) is 15.1. The van der Waals surface area contributed by atoms with Gasteiger partial charge in [0.15, 0.2) is 5.84 Å². The molecule has 2 rings (SSSR count). The van der Waals surface area contributed by atoms with Gasteiger partial charge < -0.3 is 10.6 Å². The summed E-state index contributed by atoms with van der Waals surface area (Å²) >= 11 is 4.73. The number of nitrogens with zero attached hydrogens (tertiary/aromatic N) is 1. The standard InChI is InChI=1S/C15H13BrN2O2S/c16-12-6-4-5-11(9-12)15(17)18-20-14(19)10-21-13-7-2-1-3-8-13/h1-9H,10H2,(H2,17,18). The maximum absolute atomic E-state index is 11.6. The van der Waals surface area contributed by atoms with E-state index in [2.05, 4.69) is 21.1 Å². The molecule has 0 atom stereocenters. The molecule has 0 saturated heterocycles. The molecule has 2 N–H and O–H groups in total. The van der Waals surface area contributed by atoms with Gasteiger partial charge in [-0.2, -0.15) is 0 Å². The summed E-state index contributed by atoms with van der Waals surface area (Å²) in [6.07, 6.45) is 0. The lowest BCUT2D eigenvalue weighted by Gasteiger charge is -2.02. The van der Waals surface area contributed by atoms with Crippen LogP contribution < -0.4 is 5.73 Å². The summed E-state index contributed by atoms with van der Waals surface area (Å²) < 4.78 is 0.879. The van der Waals surface area contributed by atoms with Crippen molar-refractivity contribution in [1.82, 2.24) is 0 Å². The zero-order valence-electron chi connectivity index (χ0n) is 11.0. The van der Waals surface area contributed by atoms with E-state index in [-0.39, 0.29) is 11.6 Å². The Balaban J connectivity index is 1.87. The van der Waals surface area contributed by atoms with Gasteiger partial charge in [-0.25, -0.2) is 4.79 Å². The predicted molar refractivity (Wildman–Crippen MR) is 88.1 cm³/mol. The quantitative estimate of drug-likeness (QED) is 0.290. The first-order valence-corrected chi connectivity index (χ1v) is 7.90. The van der Waals surface area contributed by atoms with Crippen molar-refractivity contribution in [2.75, 3.05) is 5.75 Å². The van der Waals surface area contributed by atoms with Gasteiger partial charge in [0.05, 0.1) is 5.75 Å². The van der Waals surface area contributed by atoms with Crippen LogP contribution in [0.4, 0.5) is 0 Å². The number of hydrogen-bond donors (Lipinski definition) is 1. The van der Waals surface area contributed by atoms with Gasteiger partial charge in [0.2, 0.25) is 0 Å². The summed E-state index contributed by atoms with van der Waals surface area (Å²) in [7, 11) is 0. The molecular formula is C15H13BrN2O2S. The average Bonchev–Trinajstić information content (AvgIpc) is 2.51. The SMILES string of the molecule is N/C(=N\OC(=O)CSc1ccccc1)c1cccc(Br)c1. The molecular weight excluding hydrogens is 352 g/mol. The lowest BCUT2D eigenvalue weighted by Crippen LogP contribution is -2.15. The topological polar surface area (TPSA) is 64.7 Å². The monoisotopic (exact) mass is 364 g/mol. The summed E-state index contributed by atoms with van der Waals surface area (Å²) in [6, 6.07) is 16.9. The first-order chi connectivity index (χ1) is 10.1. The number of thioether (sulfide) groups is 1. The summed E-state index contributed by atoms with van der Waals surface area (Å²) in [5.41, 5.74) is 6.45. The van der Waals surface area contributed by atoms with Gasteiger partial charge in [0, 0.05) is 14.9 Å². The fourth-order valence-corrected chi connectivity index (χ4v) is 2.57. The molecule has 0 saturated carbocycles. The second-order valence-corrected chi connectivity index (χ2v) is 6.02. The van der Waals surface area contributed by atoms with Crippen LogP contribution in [0.5, 0.6) is 0 Å². The third-order valence-corrected chi connectivity index (χ3v) is 3.94. The van der Waals surface area contributed by atoms with Crippen LogP contribution in [0.15, 0.2) is 69.1 Å². The Labute approximate surface area is 135 Å². The van der Waals surface area contributed by atoms with Crippen molar-refractivity contribution in [2.24, 2.45) is 10.9 Å². The van der Waals surface area contributed by atoms with Crippen molar-refractivity contribution in [3.8, 4) is 0 Å². The molecule has 2 aromatic carbocycles. The van der Waals surface area contributed by atoms with E-state index in [0.717, 1.165) is 9.37 Å². The molecule has 0 bridgehead atoms. The van der Waals surface area contributed by atoms with Crippen LogP contribution in [0.1, 0.15) is 5.56 Å². The van der Waals surface area contributed by atoms with Crippen LogP contribution >= 0.6 is 27.7 Å². The molecule has 0 unspecified atom stereocenters. The highest BCUT2D eigenvalue weighted by molar-refractivity contribution is 9.10. The molecule has 0 aliphatic heterocycles. The molecule has 2 aromatic rings. The third-order valence-electron chi connectivity index (χ3n) is 2.47. The first kappa shape index (κ1) is 15.6. The zero-order valence-corrected chi connectivity index (χ0v) is 13.4. The molecule has 0 aromatic heterocycles. The Morgan fingerprint density at radius 3 is 2.67 bits per heavy atom. The van der Waals surface area contributed by atoms with Crippen molar-refractivity contribution in [3.63, 3.8) is 0 Å². The van der Waals surface area contributed by atoms with E-state index < -0.39 is 5.97 Å². The molecule has 6 heteroatoms. The summed E-state index contributed by atoms with van der Waals surface area (Å²) in [5, 5.41) is 3.66. The maximum Gasteiger partial charge on any atom is 0.345 e. The van der Waals surface area contributed by atoms with Gasteiger partial charge in [-0.15, -0.1) is 11.8 Å². The molecule has 0 aliphatic carbocycles. The lowest BCUT2D eigenvalue weighted by atomic mass is 10.2. The second-order valence-electron chi connectivity index (χ2n) is 4.05. The number of rotatable bonds is 5. The Kier molecular flexibility index (Phi) is 5.83. The van der Waals surface area contributed by atoms with Gasteiger partial charge in [0.25, 0.3) is 0 Å². The van der Waals surface area contributed by atoms with Gasteiger partial charge in [-0.3, -0.25) is 0 Å². The summed E-state index contributed by atoms with van der Waals surface area (Å²) in [4.78, 5) is 17.4. The van der Waals surface area contributed by atoms with E-state index in [1.165, 1.54) is 11.8 Å². The number of carbonyl (C=O) groups is 1. The minimum Gasteiger partial charge on any atom is -0.380 e. The van der Waals surface area contributed by atoms with Crippen molar-refractivity contribution in [2.45, 2.75) is 4.90 Å². The Morgan fingerprint density at radius 1 is 1.19 bits per heavy atom. The Bertz CT molecular complexity index is 647. The molecule has 0 fully saturated rings. The minimum absolute atomic E-state index is 0.161. The number of halogens is 1. The molecule has 108 valence electrons. The average molecular weight is 365 g/mol. The van der Waals surface area contributed by atoms with Gasteiger partial charge >= 0.3 is 5.97 Å². The number of nitrogens with two attached hydrogens (primary N) is 1. The maximum atomic E-state index is 11.6. The van der Waals surface area contributed by atoms with Crippen molar-refractivity contribution < 1.29 is 9.63 Å². The fraction of sp³-hybridized carbons (Fsp3) is 0.0667. The van der Waals surface area contributed by atoms with E-state index in [1.54, 1.807) is 12.1 Å². The van der Waals surface area contributed by atoms with Crippen molar-refractivity contribution >= 4 is 39.5 Å². The smallest absolute Gasteiger partial charge is 0.345 e. The van der Waals surface area contributed by atoms with Crippen molar-refractivity contribution in [3.05, 3.63) is 64.6 Å². The lowest BCUT2D eigenvalue weighted by molar-refractivity contribution is -0.140. The highest BCUT2D eigenvalue weighted by Crippen LogP contribution is 2.17. The molecule has 21 heavy (non-hydrogen) atoms. The van der Waals surface area contributed by atoms with Gasteiger partial charge in [-0.05, 0) is 24.3 Å². The number of oxime groups is 1. The first-order valence-electron chi connectivity index (χ1n) is 6.12. The largest absolute Gasteiger partial charge is 0.380 e. The van der Waals surface area contributed by atoms with E-state index in [0.29, 0.717) is 5.56 Å². The van der Waals surface area contributed by atoms with Gasteiger partial charge in [0.1, 0.15) is 0 Å². The van der Waals surface area contributed by atoms with Crippen LogP contribution in [0.25, 0.3) is 0 Å². The second kappa shape index (κ2) is 7.85. The van der Waals surface area contributed by atoms with Crippen LogP contribution in [0.2, 0.25) is 0 Å². The van der Waals surface area contributed by atoms with Gasteiger partial charge in [-0.1, -0.05) is 51.4 Å². The Hall–Kier alpha value is -1.79. The van der Waals surface area contributed by atoms with E-state index in [9.17, 15) is 4.79 Å². The number of benzene rings is 2. The normalized spacial score (nSPS) is 11.2. The highest BCUT2D eigenvalue weighted by atomic mass is 79.9. The van der Waals surface area contributed by atoms with Crippen LogP contribution in [-0.2, 0) is 9.63 Å². The molecule has 0 radical (unpaired) electrons. The molecule has 0 amide bonds. The molecule has 0 aliphatic rings. The predicted octanol–water partition coefficient (Wildman–Crippen LogP) is 3.40. The van der Waals surface area contributed by atoms with Crippen molar-refractivity contribution in [1.29, 1.82) is 0 Å². The number of hydrogen-bond acceptors (Lipinski definition) is 4. The highest BCUT2D eigenvalue weighted by Gasteiger charge is 2.06. The summed E-state index contributed by atoms with van der Waals surface area (Å²) in [5.74, 6) is -0.101. The van der Waals surface area contributed by atoms with E-state index in [1.807, 2.05) is 42.5 Å². The third kappa shape index (κ3) is 5.24. The number of amidine groups is 1. The van der Waals surface area contributed by atoms with Crippen LogP contribution in [0, 0.1) is 0 Å². The fourth-order valence-electron chi connectivity index (χ4n) is 1.49. The van der Waals surface area contributed by atoms with Crippen LogP contribution in [0.3, 0.4) is 0 Å². The summed E-state index contributed by atoms with van der Waals surface area (Å²) in [6.45, 7) is 0. The Morgan fingerprint density at radius 2 is 1.95 bits per heavy atom. The van der Waals surface area contributed by atoms with Crippen LogP contribution in [-0.4, -0.2) is 17.6 Å². The minimum atomic E-state index is -0.443. The molecule has 0 heterocycles. The van der Waals surface area contributed by atoms with E-state index in [4.69, 9.17) is 10.6 Å². The molecule has 0 spiro atoms.